The van der Waals surface area contributed by atoms with Crippen LogP contribution in [0.2, 0.25) is 0 Å². The van der Waals surface area contributed by atoms with Gasteiger partial charge in [0, 0.05) is 6.20 Å². The molecule has 0 fully saturated rings. The van der Waals surface area contributed by atoms with Crippen LogP contribution in [0.5, 0.6) is 5.75 Å². The number of carbonyl (C=O) groups excluding carboxylic acids is 1. The third kappa shape index (κ3) is 3.92. The van der Waals surface area contributed by atoms with Crippen LogP contribution in [-0.4, -0.2) is 45.1 Å². The van der Waals surface area contributed by atoms with E-state index in [9.17, 15) is 14.7 Å². The predicted molar refractivity (Wildman–Crippen MR) is 67.8 cm³/mol. The number of carbonyl (C=O) groups is 2. The maximum Gasteiger partial charge on any atom is 0.326 e. The minimum Gasteiger partial charge on any atom is -0.505 e. The molecule has 3 N–H and O–H groups in total. The van der Waals surface area contributed by atoms with E-state index in [1.165, 1.54) is 24.0 Å². The number of amides is 1. The number of nitrogens with zero attached hydrogens (tertiary/aromatic N) is 1. The Morgan fingerprint density at radius 3 is 2.83 bits per heavy atom. The van der Waals surface area contributed by atoms with Crippen LogP contribution < -0.4 is 5.32 Å². The molecule has 0 aliphatic rings. The highest BCUT2D eigenvalue weighted by Crippen LogP contribution is 2.14. The molecule has 1 aromatic heterocycles. The van der Waals surface area contributed by atoms with E-state index < -0.39 is 17.9 Å². The lowest BCUT2D eigenvalue weighted by Gasteiger charge is -2.14. The number of carboxylic acid groups (broad SMARTS) is 1. The van der Waals surface area contributed by atoms with Gasteiger partial charge in [-0.05, 0) is 24.5 Å². The zero-order valence-corrected chi connectivity index (χ0v) is 10.6. The Kier molecular flexibility index (Phi) is 5.44. The zero-order valence-electron chi connectivity index (χ0n) is 9.79. The molecule has 6 nitrogen and oxygen atoms in total. The van der Waals surface area contributed by atoms with Crippen LogP contribution in [0.15, 0.2) is 18.5 Å². The van der Waals surface area contributed by atoms with Crippen molar-refractivity contribution in [3.63, 3.8) is 0 Å². The molecule has 0 unspecified atom stereocenters. The average molecular weight is 270 g/mol. The van der Waals surface area contributed by atoms with Gasteiger partial charge in [0.1, 0.15) is 11.8 Å². The monoisotopic (exact) mass is 270 g/mol. The van der Waals surface area contributed by atoms with Gasteiger partial charge in [-0.3, -0.25) is 9.78 Å². The summed E-state index contributed by atoms with van der Waals surface area (Å²) in [4.78, 5) is 26.4. The second-order valence-corrected chi connectivity index (χ2v) is 4.52. The average Bonchev–Trinajstić information content (AvgIpc) is 2.34. The van der Waals surface area contributed by atoms with Crippen LogP contribution in [0.3, 0.4) is 0 Å². The van der Waals surface area contributed by atoms with Crippen molar-refractivity contribution in [2.45, 2.75) is 12.5 Å². The molecule has 1 rings (SSSR count). The molecule has 0 spiro atoms. The number of aliphatic carboxylic acids is 1. The van der Waals surface area contributed by atoms with Crippen LogP contribution >= 0.6 is 11.8 Å². The van der Waals surface area contributed by atoms with Gasteiger partial charge in [0.15, 0.2) is 0 Å². The van der Waals surface area contributed by atoms with E-state index in [2.05, 4.69) is 10.3 Å². The second-order valence-electron chi connectivity index (χ2n) is 3.54. The van der Waals surface area contributed by atoms with Gasteiger partial charge >= 0.3 is 5.97 Å². The van der Waals surface area contributed by atoms with E-state index in [0.29, 0.717) is 12.2 Å². The Morgan fingerprint density at radius 2 is 2.28 bits per heavy atom. The number of hydrogen-bond donors (Lipinski definition) is 3. The molecule has 1 atom stereocenters. The number of thioether (sulfide) groups is 1. The first kappa shape index (κ1) is 14.3. The fraction of sp³-hybridized carbons (Fsp3) is 0.364. The summed E-state index contributed by atoms with van der Waals surface area (Å²) in [7, 11) is 0. The number of aromatic nitrogens is 1. The first-order chi connectivity index (χ1) is 8.56. The molecule has 0 bridgehead atoms. The fourth-order valence-electron chi connectivity index (χ4n) is 1.31. The third-order valence-electron chi connectivity index (χ3n) is 2.26. The minimum absolute atomic E-state index is 0.0143. The van der Waals surface area contributed by atoms with E-state index in [1.54, 1.807) is 0 Å². The minimum atomic E-state index is -1.09. The number of rotatable bonds is 6. The Hall–Kier alpha value is -1.76. The molecule has 0 radical (unpaired) electrons. The molecular formula is C11H14N2O4S. The van der Waals surface area contributed by atoms with Crippen LogP contribution in [0.1, 0.15) is 16.8 Å². The summed E-state index contributed by atoms with van der Waals surface area (Å²) in [5, 5.41) is 20.8. The number of carboxylic acids is 1. The van der Waals surface area contributed by atoms with Crippen molar-refractivity contribution < 1.29 is 19.8 Å². The normalized spacial score (nSPS) is 11.8. The van der Waals surface area contributed by atoms with Crippen LogP contribution in [0.25, 0.3) is 0 Å². The second kappa shape index (κ2) is 6.85. The van der Waals surface area contributed by atoms with E-state index in [4.69, 9.17) is 5.11 Å². The lowest BCUT2D eigenvalue weighted by molar-refractivity contribution is -0.139. The van der Waals surface area contributed by atoms with Gasteiger partial charge in [-0.25, -0.2) is 4.79 Å². The van der Waals surface area contributed by atoms with Crippen molar-refractivity contribution in [2.24, 2.45) is 0 Å². The van der Waals surface area contributed by atoms with Gasteiger partial charge in [0.25, 0.3) is 5.91 Å². The molecule has 0 aromatic carbocycles. The lowest BCUT2D eigenvalue weighted by atomic mass is 10.2. The molecule has 1 amide bonds. The Balaban J connectivity index is 2.72. The highest BCUT2D eigenvalue weighted by atomic mass is 32.2. The summed E-state index contributed by atoms with van der Waals surface area (Å²) in [6, 6.07) is 0.371. The molecule has 18 heavy (non-hydrogen) atoms. The summed E-state index contributed by atoms with van der Waals surface area (Å²) in [6.07, 6.45) is 4.67. The molecule has 1 aromatic rings. The molecule has 7 heteroatoms. The summed E-state index contributed by atoms with van der Waals surface area (Å²) in [5.74, 6) is -1.36. The van der Waals surface area contributed by atoms with Crippen molar-refractivity contribution in [2.75, 3.05) is 12.0 Å². The molecule has 0 aliphatic carbocycles. The van der Waals surface area contributed by atoms with E-state index >= 15 is 0 Å². The SMILES string of the molecule is CSCC[C@H](NC(=O)c1ccncc1O)C(=O)O. The highest BCUT2D eigenvalue weighted by molar-refractivity contribution is 7.98. The van der Waals surface area contributed by atoms with E-state index in [0.717, 1.165) is 6.20 Å². The van der Waals surface area contributed by atoms with Gasteiger partial charge < -0.3 is 15.5 Å². The predicted octanol–water partition coefficient (Wildman–Crippen LogP) is 0.723. The Morgan fingerprint density at radius 1 is 1.56 bits per heavy atom. The maximum atomic E-state index is 11.8. The summed E-state index contributed by atoms with van der Waals surface area (Å²) in [5.41, 5.74) is 0.0143. The standard InChI is InChI=1S/C11H14N2O4S/c1-18-5-3-8(11(16)17)13-10(15)7-2-4-12-6-9(7)14/h2,4,6,8,14H,3,5H2,1H3,(H,13,15)(H,16,17)/t8-/m0/s1. The van der Waals surface area contributed by atoms with Gasteiger partial charge in [0.2, 0.25) is 0 Å². The Bertz CT molecular complexity index is 439. The third-order valence-corrected chi connectivity index (χ3v) is 2.90. The quantitative estimate of drug-likeness (QED) is 0.704. The fourth-order valence-corrected chi connectivity index (χ4v) is 1.78. The molecule has 98 valence electrons. The number of pyridine rings is 1. The smallest absolute Gasteiger partial charge is 0.326 e. The first-order valence-corrected chi connectivity index (χ1v) is 6.61. The Labute approximate surface area is 108 Å². The molecule has 0 saturated carbocycles. The van der Waals surface area contributed by atoms with Crippen LogP contribution in [-0.2, 0) is 4.79 Å². The highest BCUT2D eigenvalue weighted by Gasteiger charge is 2.21. The molecule has 0 saturated heterocycles. The first-order valence-electron chi connectivity index (χ1n) is 5.22. The van der Waals surface area contributed by atoms with Gasteiger partial charge in [-0.15, -0.1) is 0 Å². The van der Waals surface area contributed by atoms with Crippen molar-refractivity contribution in [3.8, 4) is 5.75 Å². The van der Waals surface area contributed by atoms with E-state index in [1.807, 2.05) is 6.26 Å². The lowest BCUT2D eigenvalue weighted by Crippen LogP contribution is -2.41. The van der Waals surface area contributed by atoms with Crippen molar-refractivity contribution in [1.82, 2.24) is 10.3 Å². The number of hydrogen-bond acceptors (Lipinski definition) is 5. The summed E-state index contributed by atoms with van der Waals surface area (Å²) < 4.78 is 0. The van der Waals surface area contributed by atoms with Gasteiger partial charge in [-0.1, -0.05) is 0 Å². The zero-order chi connectivity index (χ0) is 13.5. The largest absolute Gasteiger partial charge is 0.505 e. The summed E-state index contributed by atoms with van der Waals surface area (Å²) in [6.45, 7) is 0. The van der Waals surface area contributed by atoms with Gasteiger partial charge in [-0.2, -0.15) is 11.8 Å². The number of aromatic hydroxyl groups is 1. The maximum absolute atomic E-state index is 11.8. The number of nitrogens with one attached hydrogen (secondary N) is 1. The molecular weight excluding hydrogens is 256 g/mol. The van der Waals surface area contributed by atoms with Crippen molar-refractivity contribution in [3.05, 3.63) is 24.0 Å². The van der Waals surface area contributed by atoms with Crippen molar-refractivity contribution in [1.29, 1.82) is 0 Å². The molecule has 0 aliphatic heterocycles. The van der Waals surface area contributed by atoms with Crippen molar-refractivity contribution >= 4 is 23.6 Å². The van der Waals surface area contributed by atoms with E-state index in [-0.39, 0.29) is 11.3 Å². The summed E-state index contributed by atoms with van der Waals surface area (Å²) >= 11 is 1.50. The van der Waals surface area contributed by atoms with Crippen LogP contribution in [0, 0.1) is 0 Å². The van der Waals surface area contributed by atoms with Crippen LogP contribution in [0.4, 0.5) is 0 Å². The van der Waals surface area contributed by atoms with Gasteiger partial charge in [0.05, 0.1) is 11.8 Å². The topological polar surface area (TPSA) is 99.5 Å². The molecule has 1 heterocycles.